The van der Waals surface area contributed by atoms with Gasteiger partial charge in [0.25, 0.3) is 0 Å². The maximum absolute atomic E-state index is 12.5. The van der Waals surface area contributed by atoms with E-state index in [1.165, 1.54) is 0 Å². The highest BCUT2D eigenvalue weighted by Crippen LogP contribution is 2.34. The second kappa shape index (κ2) is 9.52. The van der Waals surface area contributed by atoms with Crippen LogP contribution in [0.25, 0.3) is 0 Å². The summed E-state index contributed by atoms with van der Waals surface area (Å²) in [6, 6.07) is 3.43. The number of nitrogens with one attached hydrogen (secondary N) is 2. The maximum atomic E-state index is 12.5. The highest BCUT2D eigenvalue weighted by Gasteiger charge is 2.35. The zero-order valence-corrected chi connectivity index (χ0v) is 18.7. The quantitative estimate of drug-likeness (QED) is 0.582. The molecule has 0 saturated carbocycles. The van der Waals surface area contributed by atoms with Gasteiger partial charge in [0.2, 0.25) is 11.9 Å². The number of likely N-dealkylation sites (N-methyl/N-ethyl adjacent to an activating group) is 1. The average Bonchev–Trinajstić information content (AvgIpc) is 3.16. The average molecular weight is 457 g/mol. The summed E-state index contributed by atoms with van der Waals surface area (Å²) in [4.78, 5) is 27.9. The van der Waals surface area contributed by atoms with Crippen molar-refractivity contribution in [3.8, 4) is 0 Å². The first-order valence-electron chi connectivity index (χ1n) is 10.1. The summed E-state index contributed by atoms with van der Waals surface area (Å²) in [5.74, 6) is 1.36. The van der Waals surface area contributed by atoms with Crippen molar-refractivity contribution in [2.75, 3.05) is 22.6 Å². The Morgan fingerprint density at radius 3 is 2.72 bits per heavy atom. The van der Waals surface area contributed by atoms with Gasteiger partial charge in [0.05, 0.1) is 29.2 Å². The van der Waals surface area contributed by atoms with Gasteiger partial charge >= 0.3 is 0 Å². The van der Waals surface area contributed by atoms with Crippen LogP contribution in [0.15, 0.2) is 30.7 Å². The SMILES string of the molecule is C.Cc1nc(NCc2cnn(Cc3ccc(Cl)cn3)c2)nc2c1NC(=O)[C@H](C(C)C)N2C. The molecule has 1 atom stereocenters. The monoisotopic (exact) mass is 456 g/mol. The zero-order valence-electron chi connectivity index (χ0n) is 17.9. The van der Waals surface area contributed by atoms with Crippen molar-refractivity contribution in [1.29, 1.82) is 0 Å². The summed E-state index contributed by atoms with van der Waals surface area (Å²) in [7, 11) is 1.90. The smallest absolute Gasteiger partial charge is 0.247 e. The van der Waals surface area contributed by atoms with Gasteiger partial charge in [-0.15, -0.1) is 0 Å². The van der Waals surface area contributed by atoms with Gasteiger partial charge in [-0.1, -0.05) is 32.9 Å². The molecule has 0 saturated heterocycles. The first-order chi connectivity index (χ1) is 14.8. The molecule has 4 heterocycles. The first-order valence-corrected chi connectivity index (χ1v) is 10.5. The zero-order chi connectivity index (χ0) is 22.1. The molecule has 0 spiro atoms. The van der Waals surface area contributed by atoms with Gasteiger partial charge < -0.3 is 15.5 Å². The third-order valence-corrected chi connectivity index (χ3v) is 5.44. The number of fused-ring (bicyclic) bond motifs is 1. The second-order valence-electron chi connectivity index (χ2n) is 7.99. The van der Waals surface area contributed by atoms with Crippen molar-refractivity contribution >= 4 is 35.0 Å². The number of aryl methyl sites for hydroxylation is 1. The summed E-state index contributed by atoms with van der Waals surface area (Å²) in [6.07, 6.45) is 5.38. The van der Waals surface area contributed by atoms with Crippen molar-refractivity contribution in [1.82, 2.24) is 24.7 Å². The number of halogens is 1. The summed E-state index contributed by atoms with van der Waals surface area (Å²) in [6.45, 7) is 7.00. The lowest BCUT2D eigenvalue weighted by Crippen LogP contribution is -2.49. The largest absolute Gasteiger partial charge is 0.350 e. The molecule has 10 heteroatoms. The van der Waals surface area contributed by atoms with Gasteiger partial charge in [-0.05, 0) is 25.0 Å². The van der Waals surface area contributed by atoms with Gasteiger partial charge in [-0.3, -0.25) is 14.5 Å². The maximum Gasteiger partial charge on any atom is 0.247 e. The third kappa shape index (κ3) is 4.83. The third-order valence-electron chi connectivity index (χ3n) is 5.22. The van der Waals surface area contributed by atoms with E-state index in [0.29, 0.717) is 29.7 Å². The summed E-state index contributed by atoms with van der Waals surface area (Å²) < 4.78 is 1.82. The van der Waals surface area contributed by atoms with E-state index in [2.05, 4.69) is 30.7 Å². The van der Waals surface area contributed by atoms with E-state index in [1.54, 1.807) is 12.4 Å². The fourth-order valence-electron chi connectivity index (χ4n) is 3.72. The molecule has 1 aliphatic heterocycles. The molecule has 0 aromatic carbocycles. The van der Waals surface area contributed by atoms with E-state index in [9.17, 15) is 4.79 Å². The van der Waals surface area contributed by atoms with E-state index in [1.807, 2.05) is 55.7 Å². The predicted molar refractivity (Wildman–Crippen MR) is 127 cm³/mol. The Bertz CT molecular complexity index is 1100. The fourth-order valence-corrected chi connectivity index (χ4v) is 3.84. The number of hydrogen-bond donors (Lipinski definition) is 2. The Hall–Kier alpha value is -3.20. The summed E-state index contributed by atoms with van der Waals surface area (Å²) >= 11 is 5.88. The van der Waals surface area contributed by atoms with Crippen LogP contribution in [-0.4, -0.2) is 43.7 Å². The highest BCUT2D eigenvalue weighted by atomic mass is 35.5. The second-order valence-corrected chi connectivity index (χ2v) is 8.42. The van der Waals surface area contributed by atoms with Crippen LogP contribution >= 0.6 is 11.6 Å². The van der Waals surface area contributed by atoms with Gasteiger partial charge in [0.15, 0.2) is 5.82 Å². The summed E-state index contributed by atoms with van der Waals surface area (Å²) in [5, 5.41) is 11.2. The molecule has 0 bridgehead atoms. The van der Waals surface area contributed by atoms with Crippen LogP contribution in [0.4, 0.5) is 17.5 Å². The lowest BCUT2D eigenvalue weighted by atomic mass is 9.99. The molecule has 1 amide bonds. The van der Waals surface area contributed by atoms with Crippen molar-refractivity contribution in [2.45, 2.75) is 47.3 Å². The molecule has 3 aromatic heterocycles. The van der Waals surface area contributed by atoms with E-state index in [4.69, 9.17) is 11.6 Å². The van der Waals surface area contributed by atoms with Crippen LogP contribution in [0.2, 0.25) is 5.02 Å². The van der Waals surface area contributed by atoms with Crippen molar-refractivity contribution in [3.05, 3.63) is 52.7 Å². The van der Waals surface area contributed by atoms with Crippen LogP contribution in [0.3, 0.4) is 0 Å². The Balaban J connectivity index is 0.00000289. The van der Waals surface area contributed by atoms with Crippen LogP contribution in [0, 0.1) is 12.8 Å². The van der Waals surface area contributed by atoms with Crippen LogP contribution in [0.1, 0.15) is 38.2 Å². The van der Waals surface area contributed by atoms with Crippen LogP contribution in [-0.2, 0) is 17.9 Å². The standard InChI is InChI=1S/C21H25ClN8O.CH4/c1-12(2)18-20(31)27-17-13(3)26-21(28-19(17)29(18)4)24-7-14-8-25-30(10-14)11-16-6-5-15(22)9-23-16;/h5-6,8-10,12,18H,7,11H2,1-4H3,(H,27,31)(H,24,26,28);1H4/t18-;/m0./s1. The van der Waals surface area contributed by atoms with Gasteiger partial charge in [-0.2, -0.15) is 10.1 Å². The minimum atomic E-state index is -0.269. The number of carbonyl (C=O) groups is 1. The van der Waals surface area contributed by atoms with E-state index in [-0.39, 0.29) is 25.3 Å². The summed E-state index contributed by atoms with van der Waals surface area (Å²) in [5.41, 5.74) is 3.26. The van der Waals surface area contributed by atoms with Gasteiger partial charge in [0.1, 0.15) is 11.7 Å². The molecule has 0 unspecified atom stereocenters. The van der Waals surface area contributed by atoms with Crippen molar-refractivity contribution in [2.24, 2.45) is 5.92 Å². The van der Waals surface area contributed by atoms with Crippen molar-refractivity contribution < 1.29 is 4.79 Å². The molecular formula is C22H29ClN8O. The number of hydrogen-bond acceptors (Lipinski definition) is 7. The molecule has 4 rings (SSSR count). The highest BCUT2D eigenvalue weighted by molar-refractivity contribution is 6.30. The molecule has 2 N–H and O–H groups in total. The Morgan fingerprint density at radius 1 is 1.25 bits per heavy atom. The van der Waals surface area contributed by atoms with Gasteiger partial charge in [-0.25, -0.2) is 4.98 Å². The number of amides is 1. The molecule has 9 nitrogen and oxygen atoms in total. The van der Waals surface area contributed by atoms with E-state index < -0.39 is 0 Å². The van der Waals surface area contributed by atoms with E-state index in [0.717, 1.165) is 22.8 Å². The molecule has 0 aliphatic carbocycles. The number of pyridine rings is 1. The molecule has 170 valence electrons. The number of carbonyl (C=O) groups excluding carboxylic acids is 1. The predicted octanol–water partition coefficient (Wildman–Crippen LogP) is 3.74. The van der Waals surface area contributed by atoms with Gasteiger partial charge in [0, 0.05) is 31.5 Å². The molecular weight excluding hydrogens is 428 g/mol. The van der Waals surface area contributed by atoms with E-state index >= 15 is 0 Å². The minimum Gasteiger partial charge on any atom is -0.350 e. The molecule has 3 aromatic rings. The lowest BCUT2D eigenvalue weighted by Gasteiger charge is -2.36. The van der Waals surface area contributed by atoms with Crippen LogP contribution in [0.5, 0.6) is 0 Å². The number of aromatic nitrogens is 5. The Kier molecular flexibility index (Phi) is 6.98. The first kappa shape index (κ1) is 23.5. The Morgan fingerprint density at radius 2 is 2.03 bits per heavy atom. The number of rotatable bonds is 6. The Labute approximate surface area is 193 Å². The molecule has 32 heavy (non-hydrogen) atoms. The molecule has 1 aliphatic rings. The molecule has 0 radical (unpaired) electrons. The fraction of sp³-hybridized carbons (Fsp3) is 0.409. The topological polar surface area (TPSA) is 101 Å². The van der Waals surface area contributed by atoms with Crippen LogP contribution < -0.4 is 15.5 Å². The number of anilines is 3. The van der Waals surface area contributed by atoms with Crippen molar-refractivity contribution in [3.63, 3.8) is 0 Å². The number of nitrogens with zero attached hydrogens (tertiary/aromatic N) is 6. The normalized spacial score (nSPS) is 15.2. The molecule has 0 fully saturated rings. The lowest BCUT2D eigenvalue weighted by molar-refractivity contribution is -0.118. The minimum absolute atomic E-state index is 0.